The number of carbonyl (C=O) groups excluding carboxylic acids is 1. The van der Waals surface area contributed by atoms with E-state index < -0.39 is 10.0 Å². The van der Waals surface area contributed by atoms with Crippen molar-refractivity contribution in [3.63, 3.8) is 0 Å². The molecule has 3 aromatic rings. The maximum Gasteiger partial charge on any atom is 0.255 e. The van der Waals surface area contributed by atoms with Crippen molar-refractivity contribution in [3.8, 4) is 0 Å². The number of hydrogen-bond acceptors (Lipinski definition) is 3. The second-order valence-corrected chi connectivity index (χ2v) is 9.31. The van der Waals surface area contributed by atoms with Crippen molar-refractivity contribution >= 4 is 49.8 Å². The summed E-state index contributed by atoms with van der Waals surface area (Å²) in [7, 11) is -3.50. The van der Waals surface area contributed by atoms with Gasteiger partial charge in [-0.3, -0.25) is 9.52 Å². The molecule has 0 aliphatic carbocycles. The van der Waals surface area contributed by atoms with Crippen LogP contribution in [0.1, 0.15) is 24.2 Å². The summed E-state index contributed by atoms with van der Waals surface area (Å²) in [6, 6.07) is 12.2. The highest BCUT2D eigenvalue weighted by atomic mass is 35.5. The van der Waals surface area contributed by atoms with Crippen molar-refractivity contribution in [2.24, 2.45) is 5.92 Å². The van der Waals surface area contributed by atoms with Gasteiger partial charge in [0.15, 0.2) is 0 Å². The molecule has 6 nitrogen and oxygen atoms in total. The van der Waals surface area contributed by atoms with E-state index in [2.05, 4.69) is 28.5 Å². The maximum atomic E-state index is 12.6. The molecule has 0 radical (unpaired) electrons. The second kappa shape index (κ2) is 7.85. The van der Waals surface area contributed by atoms with Crippen molar-refractivity contribution in [1.82, 2.24) is 4.57 Å². The van der Waals surface area contributed by atoms with E-state index in [4.69, 9.17) is 11.6 Å². The average molecular weight is 420 g/mol. The van der Waals surface area contributed by atoms with Gasteiger partial charge in [0.25, 0.3) is 5.91 Å². The third-order valence-corrected chi connectivity index (χ3v) is 5.03. The summed E-state index contributed by atoms with van der Waals surface area (Å²) >= 11 is 6.01. The van der Waals surface area contributed by atoms with E-state index in [1.165, 1.54) is 12.1 Å². The highest BCUT2D eigenvalue weighted by Gasteiger charge is 2.13. The number of fused-ring (bicyclic) bond motifs is 1. The van der Waals surface area contributed by atoms with Crippen LogP contribution in [0.25, 0.3) is 10.9 Å². The fourth-order valence-electron chi connectivity index (χ4n) is 2.98. The molecule has 0 atom stereocenters. The summed E-state index contributed by atoms with van der Waals surface area (Å²) in [5, 5.41) is 4.09. The zero-order chi connectivity index (χ0) is 20.5. The van der Waals surface area contributed by atoms with Gasteiger partial charge in [-0.05, 0) is 48.4 Å². The quantitative estimate of drug-likeness (QED) is 0.613. The molecule has 0 saturated heterocycles. The topological polar surface area (TPSA) is 80.2 Å². The summed E-state index contributed by atoms with van der Waals surface area (Å²) in [6.07, 6.45) is 3.06. The number of carbonyl (C=O) groups is 1. The molecule has 0 aliphatic rings. The molecule has 2 aromatic carbocycles. The van der Waals surface area contributed by atoms with Crippen LogP contribution in [0, 0.1) is 5.92 Å². The molecular weight excluding hydrogens is 398 g/mol. The Labute approximate surface area is 169 Å². The van der Waals surface area contributed by atoms with E-state index in [9.17, 15) is 13.2 Å². The molecule has 0 saturated carbocycles. The zero-order valence-electron chi connectivity index (χ0n) is 15.9. The van der Waals surface area contributed by atoms with Gasteiger partial charge in [-0.25, -0.2) is 8.42 Å². The van der Waals surface area contributed by atoms with Gasteiger partial charge < -0.3 is 9.88 Å². The lowest BCUT2D eigenvalue weighted by molar-refractivity contribution is 0.102. The van der Waals surface area contributed by atoms with Gasteiger partial charge in [0.1, 0.15) is 0 Å². The fourth-order valence-corrected chi connectivity index (χ4v) is 3.77. The Hall–Kier alpha value is -2.51. The van der Waals surface area contributed by atoms with Crippen molar-refractivity contribution in [1.29, 1.82) is 0 Å². The van der Waals surface area contributed by atoms with Gasteiger partial charge in [-0.1, -0.05) is 25.4 Å². The highest BCUT2D eigenvalue weighted by molar-refractivity contribution is 7.92. The average Bonchev–Trinajstić information content (AvgIpc) is 2.97. The summed E-state index contributed by atoms with van der Waals surface area (Å²) in [5.74, 6) is 0.184. The molecule has 28 heavy (non-hydrogen) atoms. The molecule has 0 aliphatic heterocycles. The van der Waals surface area contributed by atoms with Crippen LogP contribution < -0.4 is 10.0 Å². The second-order valence-electron chi connectivity index (χ2n) is 7.16. The number of nitrogens with zero attached hydrogens (tertiary/aromatic N) is 1. The van der Waals surface area contributed by atoms with E-state index in [0.29, 0.717) is 17.2 Å². The summed E-state index contributed by atoms with van der Waals surface area (Å²) in [4.78, 5) is 12.6. The normalized spacial score (nSPS) is 11.8. The molecular formula is C20H22ClN3O3S. The number of nitrogens with one attached hydrogen (secondary N) is 2. The lowest BCUT2D eigenvalue weighted by Gasteiger charge is -2.11. The van der Waals surface area contributed by atoms with Crippen molar-refractivity contribution in [3.05, 3.63) is 59.2 Å². The molecule has 1 amide bonds. The largest absolute Gasteiger partial charge is 0.347 e. The standard InChI is InChI=1S/C20H22ClN3O3S/c1-13(2)12-24-9-8-14-10-16(5-7-19(14)24)22-20(25)15-4-6-17(21)18(11-15)23-28(3,26)27/h4-11,13,23H,12H2,1-3H3,(H,22,25). The predicted molar refractivity (Wildman–Crippen MR) is 115 cm³/mol. The van der Waals surface area contributed by atoms with Crippen LogP contribution in [-0.4, -0.2) is 25.1 Å². The van der Waals surface area contributed by atoms with E-state index in [-0.39, 0.29) is 16.6 Å². The van der Waals surface area contributed by atoms with Gasteiger partial charge in [0.05, 0.1) is 17.0 Å². The van der Waals surface area contributed by atoms with E-state index in [1.54, 1.807) is 6.07 Å². The first-order valence-corrected chi connectivity index (χ1v) is 11.1. The number of halogens is 1. The lowest BCUT2D eigenvalue weighted by atomic mass is 10.1. The first-order chi connectivity index (χ1) is 13.1. The molecule has 8 heteroatoms. The van der Waals surface area contributed by atoms with Crippen molar-refractivity contribution < 1.29 is 13.2 Å². The van der Waals surface area contributed by atoms with Crippen LogP contribution in [0.3, 0.4) is 0 Å². The van der Waals surface area contributed by atoms with Crippen molar-refractivity contribution in [2.75, 3.05) is 16.3 Å². The van der Waals surface area contributed by atoms with Gasteiger partial charge in [0.2, 0.25) is 10.0 Å². The van der Waals surface area contributed by atoms with Crippen LogP contribution >= 0.6 is 11.6 Å². The third-order valence-electron chi connectivity index (χ3n) is 4.11. The third kappa shape index (κ3) is 4.85. The number of hydrogen-bond donors (Lipinski definition) is 2. The number of sulfonamides is 1. The Morgan fingerprint density at radius 3 is 2.57 bits per heavy atom. The van der Waals surface area contributed by atoms with E-state index in [0.717, 1.165) is 23.7 Å². The SMILES string of the molecule is CC(C)Cn1ccc2cc(NC(=O)c3ccc(Cl)c(NS(C)(=O)=O)c3)ccc21. The molecule has 0 unspecified atom stereocenters. The number of benzene rings is 2. The lowest BCUT2D eigenvalue weighted by Crippen LogP contribution is -2.14. The number of rotatable bonds is 6. The molecule has 1 heterocycles. The van der Waals surface area contributed by atoms with Crippen molar-refractivity contribution in [2.45, 2.75) is 20.4 Å². The monoisotopic (exact) mass is 419 g/mol. The van der Waals surface area contributed by atoms with Crippen LogP contribution in [-0.2, 0) is 16.6 Å². The number of aromatic nitrogens is 1. The van der Waals surface area contributed by atoms with Gasteiger partial charge in [0, 0.05) is 34.9 Å². The van der Waals surface area contributed by atoms with Crippen LogP contribution in [0.5, 0.6) is 0 Å². The minimum atomic E-state index is -3.50. The van der Waals surface area contributed by atoms with Gasteiger partial charge >= 0.3 is 0 Å². The number of amides is 1. The maximum absolute atomic E-state index is 12.6. The Bertz CT molecular complexity index is 1140. The molecule has 148 valence electrons. The first-order valence-electron chi connectivity index (χ1n) is 8.80. The van der Waals surface area contributed by atoms with E-state index >= 15 is 0 Å². The van der Waals surface area contributed by atoms with E-state index in [1.807, 2.05) is 30.5 Å². The first kappa shape index (κ1) is 20.2. The Balaban J connectivity index is 1.82. The Kier molecular flexibility index (Phi) is 5.67. The predicted octanol–water partition coefficient (Wildman–Crippen LogP) is 4.57. The molecule has 3 rings (SSSR count). The summed E-state index contributed by atoms with van der Waals surface area (Å²) < 4.78 is 27.4. The van der Waals surface area contributed by atoms with Gasteiger partial charge in [-0.2, -0.15) is 0 Å². The van der Waals surface area contributed by atoms with Crippen LogP contribution in [0.15, 0.2) is 48.7 Å². The fraction of sp³-hybridized carbons (Fsp3) is 0.250. The zero-order valence-corrected chi connectivity index (χ0v) is 17.4. The summed E-state index contributed by atoms with van der Waals surface area (Å²) in [6.45, 7) is 5.26. The molecule has 0 spiro atoms. The minimum Gasteiger partial charge on any atom is -0.347 e. The van der Waals surface area contributed by atoms with Crippen LogP contribution in [0.2, 0.25) is 5.02 Å². The van der Waals surface area contributed by atoms with Gasteiger partial charge in [-0.15, -0.1) is 0 Å². The molecule has 0 fully saturated rings. The van der Waals surface area contributed by atoms with Crippen LogP contribution in [0.4, 0.5) is 11.4 Å². The molecule has 1 aromatic heterocycles. The Morgan fingerprint density at radius 1 is 1.14 bits per heavy atom. The molecule has 0 bridgehead atoms. The highest BCUT2D eigenvalue weighted by Crippen LogP contribution is 2.25. The minimum absolute atomic E-state index is 0.165. The summed E-state index contributed by atoms with van der Waals surface area (Å²) in [5.41, 5.74) is 2.23. The smallest absolute Gasteiger partial charge is 0.255 e. The molecule has 2 N–H and O–H groups in total. The Morgan fingerprint density at radius 2 is 1.89 bits per heavy atom. The number of anilines is 2.